The molecule has 1 unspecified atom stereocenters. The third-order valence-corrected chi connectivity index (χ3v) is 5.99. The van der Waals surface area contributed by atoms with E-state index in [2.05, 4.69) is 5.32 Å². The second kappa shape index (κ2) is 6.58. The Morgan fingerprint density at radius 1 is 1.47 bits per heavy atom. The molecule has 0 aromatic carbocycles. The molecular formula is C10H17NO6S2. The fourth-order valence-electron chi connectivity index (χ4n) is 1.69. The highest BCUT2D eigenvalue weighted by Gasteiger charge is 2.29. The number of carboxylic acids is 1. The number of nitrogens with one attached hydrogen (secondary N) is 1. The van der Waals surface area contributed by atoms with Gasteiger partial charge in [0.25, 0.3) is 0 Å². The summed E-state index contributed by atoms with van der Waals surface area (Å²) in [6, 6.07) is -1.35. The van der Waals surface area contributed by atoms with Gasteiger partial charge in [0.2, 0.25) is 5.91 Å². The second-order valence-corrected chi connectivity index (χ2v) is 7.98. The Kier molecular flexibility index (Phi) is 5.63. The number of carbonyl (C=O) groups is 2. The summed E-state index contributed by atoms with van der Waals surface area (Å²) in [5, 5.41) is 20.1. The van der Waals surface area contributed by atoms with Crippen LogP contribution in [0.3, 0.4) is 0 Å². The third-order valence-electron chi connectivity index (χ3n) is 2.71. The van der Waals surface area contributed by atoms with Gasteiger partial charge in [-0.2, -0.15) is 0 Å². The van der Waals surface area contributed by atoms with Crippen LogP contribution < -0.4 is 5.32 Å². The zero-order chi connectivity index (χ0) is 14.6. The molecule has 110 valence electrons. The van der Waals surface area contributed by atoms with Crippen LogP contribution in [0.15, 0.2) is 0 Å². The molecule has 1 saturated heterocycles. The number of aliphatic hydroxyl groups is 1. The Morgan fingerprint density at radius 3 is 2.53 bits per heavy atom. The molecule has 0 bridgehead atoms. The van der Waals surface area contributed by atoms with Gasteiger partial charge in [0.1, 0.15) is 0 Å². The fourth-order valence-corrected chi connectivity index (χ4v) is 5.14. The van der Waals surface area contributed by atoms with Gasteiger partial charge in [-0.05, 0) is 13.3 Å². The molecule has 0 radical (unpaired) electrons. The number of hydrogen-bond donors (Lipinski definition) is 3. The number of rotatable bonds is 6. The average Bonchev–Trinajstić information content (AvgIpc) is 2.62. The van der Waals surface area contributed by atoms with Gasteiger partial charge < -0.3 is 15.5 Å². The number of amides is 1. The van der Waals surface area contributed by atoms with E-state index in [0.717, 1.165) is 0 Å². The lowest BCUT2D eigenvalue weighted by atomic mass is 10.2. The van der Waals surface area contributed by atoms with Gasteiger partial charge in [0.05, 0.1) is 23.4 Å². The molecule has 0 aromatic rings. The maximum atomic E-state index is 11.5. The quantitative estimate of drug-likeness (QED) is 0.567. The molecule has 1 rings (SSSR count). The number of thioether (sulfide) groups is 1. The summed E-state index contributed by atoms with van der Waals surface area (Å²) in [6.07, 6.45) is -0.683. The highest BCUT2D eigenvalue weighted by atomic mass is 32.2. The van der Waals surface area contributed by atoms with Crippen LogP contribution in [0.5, 0.6) is 0 Å². The van der Waals surface area contributed by atoms with Crippen LogP contribution in [0.2, 0.25) is 0 Å². The minimum Gasteiger partial charge on any atom is -0.480 e. The molecule has 1 heterocycles. The van der Waals surface area contributed by atoms with Gasteiger partial charge in [-0.3, -0.25) is 4.79 Å². The Balaban J connectivity index is 2.38. The van der Waals surface area contributed by atoms with Crippen LogP contribution in [-0.2, 0) is 19.4 Å². The summed E-state index contributed by atoms with van der Waals surface area (Å²) in [7, 11) is -2.98. The van der Waals surface area contributed by atoms with Crippen molar-refractivity contribution in [2.45, 2.75) is 30.7 Å². The Hall–Kier alpha value is -0.800. The van der Waals surface area contributed by atoms with Crippen LogP contribution >= 0.6 is 11.8 Å². The number of aliphatic hydroxyl groups excluding tert-OH is 1. The third kappa shape index (κ3) is 5.37. The average molecular weight is 311 g/mol. The summed E-state index contributed by atoms with van der Waals surface area (Å²) in [4.78, 5) is 22.3. The highest BCUT2D eigenvalue weighted by Crippen LogP contribution is 2.23. The molecule has 0 aliphatic carbocycles. The topological polar surface area (TPSA) is 121 Å². The van der Waals surface area contributed by atoms with E-state index in [1.54, 1.807) is 0 Å². The van der Waals surface area contributed by atoms with Gasteiger partial charge in [-0.15, -0.1) is 11.8 Å². The van der Waals surface area contributed by atoms with E-state index < -0.39 is 33.9 Å². The van der Waals surface area contributed by atoms with Crippen molar-refractivity contribution < 1.29 is 28.2 Å². The van der Waals surface area contributed by atoms with Crippen molar-refractivity contribution in [2.24, 2.45) is 0 Å². The molecular weight excluding hydrogens is 294 g/mol. The van der Waals surface area contributed by atoms with E-state index in [1.807, 2.05) is 0 Å². The molecule has 19 heavy (non-hydrogen) atoms. The van der Waals surface area contributed by atoms with Crippen molar-refractivity contribution in [3.05, 3.63) is 0 Å². The Labute approximate surface area is 115 Å². The van der Waals surface area contributed by atoms with Crippen molar-refractivity contribution in [1.82, 2.24) is 5.32 Å². The number of carbonyl (C=O) groups excluding carboxylic acids is 1. The number of aliphatic carboxylic acids is 1. The first-order valence-corrected chi connectivity index (χ1v) is 8.60. The Bertz CT molecular complexity index is 447. The van der Waals surface area contributed by atoms with E-state index in [-0.39, 0.29) is 22.5 Å². The Morgan fingerprint density at radius 2 is 2.11 bits per heavy atom. The number of hydrogen-bond acceptors (Lipinski definition) is 6. The largest absolute Gasteiger partial charge is 0.480 e. The normalized spacial score (nSPS) is 24.6. The van der Waals surface area contributed by atoms with Crippen LogP contribution in [-0.4, -0.2) is 65.2 Å². The van der Waals surface area contributed by atoms with Gasteiger partial charge in [0.15, 0.2) is 15.9 Å². The molecule has 9 heteroatoms. The highest BCUT2D eigenvalue weighted by molar-refractivity contribution is 8.02. The molecule has 3 N–H and O–H groups in total. The summed E-state index contributed by atoms with van der Waals surface area (Å²) in [5.41, 5.74) is 0. The summed E-state index contributed by atoms with van der Waals surface area (Å²) < 4.78 is 22.4. The van der Waals surface area contributed by atoms with E-state index in [1.165, 1.54) is 18.7 Å². The number of carboxylic acid groups (broad SMARTS) is 1. The minimum absolute atomic E-state index is 0.0172. The predicted molar refractivity (Wildman–Crippen MR) is 70.8 cm³/mol. The lowest BCUT2D eigenvalue weighted by Gasteiger charge is -2.17. The van der Waals surface area contributed by atoms with Crippen molar-refractivity contribution >= 4 is 33.5 Å². The van der Waals surface area contributed by atoms with E-state index in [4.69, 9.17) is 5.11 Å². The molecule has 0 spiro atoms. The van der Waals surface area contributed by atoms with Crippen molar-refractivity contribution in [3.8, 4) is 0 Å². The standard InChI is InChI=1S/C10H17NO6S2/c1-6(12)9(10(14)15)11-8(13)4-18-7-2-3-19(16,17)5-7/h6-7,9,12H,2-5H2,1H3,(H,11,13)(H,14,15)/t6-,7?,9+/m1/s1. The molecule has 1 aliphatic rings. The molecule has 1 fully saturated rings. The molecule has 7 nitrogen and oxygen atoms in total. The molecule has 3 atom stereocenters. The molecule has 1 aliphatic heterocycles. The maximum Gasteiger partial charge on any atom is 0.328 e. The molecule has 1 amide bonds. The van der Waals surface area contributed by atoms with E-state index >= 15 is 0 Å². The van der Waals surface area contributed by atoms with E-state index in [0.29, 0.717) is 6.42 Å². The van der Waals surface area contributed by atoms with Gasteiger partial charge in [-0.1, -0.05) is 0 Å². The van der Waals surface area contributed by atoms with Crippen molar-refractivity contribution in [1.29, 1.82) is 0 Å². The SMILES string of the molecule is C[C@@H](O)[C@H](NC(=O)CSC1CCS(=O)(=O)C1)C(=O)O. The van der Waals surface area contributed by atoms with Crippen LogP contribution in [0.25, 0.3) is 0 Å². The monoisotopic (exact) mass is 311 g/mol. The molecule has 0 aromatic heterocycles. The van der Waals surface area contributed by atoms with E-state index in [9.17, 15) is 23.1 Å². The summed E-state index contributed by atoms with van der Waals surface area (Å²) in [6.45, 7) is 1.27. The predicted octanol–water partition coefficient (Wildman–Crippen LogP) is -1.14. The number of sulfone groups is 1. The first-order chi connectivity index (χ1) is 8.71. The minimum atomic E-state index is -2.98. The van der Waals surface area contributed by atoms with Crippen molar-refractivity contribution in [3.63, 3.8) is 0 Å². The summed E-state index contributed by atoms with van der Waals surface area (Å²) in [5.74, 6) is -1.66. The van der Waals surface area contributed by atoms with Crippen LogP contribution in [0, 0.1) is 0 Å². The van der Waals surface area contributed by atoms with Crippen LogP contribution in [0.1, 0.15) is 13.3 Å². The first kappa shape index (κ1) is 16.3. The van der Waals surface area contributed by atoms with Gasteiger partial charge in [0, 0.05) is 5.25 Å². The second-order valence-electron chi connectivity index (χ2n) is 4.46. The van der Waals surface area contributed by atoms with Crippen LogP contribution in [0.4, 0.5) is 0 Å². The molecule has 0 saturated carbocycles. The zero-order valence-electron chi connectivity index (χ0n) is 10.4. The lowest BCUT2D eigenvalue weighted by molar-refractivity contribution is -0.144. The maximum absolute atomic E-state index is 11.5. The first-order valence-electron chi connectivity index (χ1n) is 5.73. The fraction of sp³-hybridized carbons (Fsp3) is 0.800. The van der Waals surface area contributed by atoms with Gasteiger partial charge >= 0.3 is 5.97 Å². The smallest absolute Gasteiger partial charge is 0.328 e. The summed E-state index contributed by atoms with van der Waals surface area (Å²) >= 11 is 1.19. The van der Waals surface area contributed by atoms with Gasteiger partial charge in [-0.25, -0.2) is 13.2 Å². The van der Waals surface area contributed by atoms with Crippen molar-refractivity contribution in [2.75, 3.05) is 17.3 Å². The lowest BCUT2D eigenvalue weighted by Crippen LogP contribution is -2.48. The zero-order valence-corrected chi connectivity index (χ0v) is 12.0.